The Labute approximate surface area is 128 Å². The predicted molar refractivity (Wildman–Crippen MR) is 83.9 cm³/mol. The van der Waals surface area contributed by atoms with E-state index >= 15 is 0 Å². The molecule has 0 spiro atoms. The maximum absolute atomic E-state index is 6.88. The van der Waals surface area contributed by atoms with Crippen LogP contribution < -0.4 is 16.0 Å². The summed E-state index contributed by atoms with van der Waals surface area (Å²) in [4.78, 5) is 14.1. The van der Waals surface area contributed by atoms with Crippen LogP contribution >= 0.6 is 0 Å². The third-order valence-corrected chi connectivity index (χ3v) is 3.80. The van der Waals surface area contributed by atoms with E-state index in [-0.39, 0.29) is 12.6 Å². The number of likely N-dealkylation sites (N-methyl/N-ethyl adjacent to an activating group) is 1. The molecule has 3 heterocycles. The Bertz CT molecular complexity index is 701. The normalized spacial score (nSPS) is 17.6. The van der Waals surface area contributed by atoms with Crippen molar-refractivity contribution in [1.29, 1.82) is 0 Å². The van der Waals surface area contributed by atoms with Crippen molar-refractivity contribution in [2.24, 2.45) is 0 Å². The molecule has 0 aromatic carbocycles. The van der Waals surface area contributed by atoms with Crippen LogP contribution in [-0.4, -0.2) is 45.9 Å². The second-order valence-corrected chi connectivity index (χ2v) is 5.26. The van der Waals surface area contributed by atoms with Crippen LogP contribution in [0.1, 0.15) is 6.42 Å². The van der Waals surface area contributed by atoms with Gasteiger partial charge in [0.05, 0.1) is 11.9 Å². The molecule has 0 bridgehead atoms. The summed E-state index contributed by atoms with van der Waals surface area (Å²) < 4.78 is 1.58. The van der Waals surface area contributed by atoms with Gasteiger partial charge in [0.2, 0.25) is 5.95 Å². The molecule has 0 saturated carbocycles. The average Bonchev–Trinajstić information content (AvgIpc) is 3.16. The number of nitrogens with one attached hydrogen (secondary N) is 1. The van der Waals surface area contributed by atoms with Gasteiger partial charge in [-0.15, -0.1) is 0 Å². The van der Waals surface area contributed by atoms with Crippen LogP contribution in [-0.2, 0) is 6.67 Å². The van der Waals surface area contributed by atoms with E-state index in [1.165, 1.54) is 0 Å². The zero-order chi connectivity index (χ0) is 15.5. The van der Waals surface area contributed by atoms with E-state index in [2.05, 4.69) is 30.1 Å². The molecule has 1 fully saturated rings. The molecule has 0 aliphatic carbocycles. The largest absolute Gasteiger partial charge is 0.368 e. The minimum Gasteiger partial charge on any atom is -0.368 e. The van der Waals surface area contributed by atoms with Gasteiger partial charge < -0.3 is 16.0 Å². The lowest BCUT2D eigenvalue weighted by Crippen LogP contribution is -2.30. The van der Waals surface area contributed by atoms with Gasteiger partial charge in [0.1, 0.15) is 5.82 Å². The molecule has 0 unspecified atom stereocenters. The number of hydrogen-bond acceptors (Lipinski definition) is 6. The third-order valence-electron chi connectivity index (χ3n) is 3.80. The summed E-state index contributed by atoms with van der Waals surface area (Å²) in [6, 6.07) is 2.40. The topological polar surface area (TPSA) is 89.2 Å². The highest BCUT2D eigenvalue weighted by Gasteiger charge is 2.23. The maximum Gasteiger partial charge on any atom is 0.307 e. The summed E-state index contributed by atoms with van der Waals surface area (Å²) in [6.07, 6.45) is 4.57. The highest BCUT2D eigenvalue weighted by molar-refractivity contribution is 5.63. The van der Waals surface area contributed by atoms with Crippen molar-refractivity contribution in [3.63, 3.8) is 0 Å². The van der Waals surface area contributed by atoms with Crippen LogP contribution in [0.2, 0.25) is 0 Å². The fourth-order valence-corrected chi connectivity index (χ4v) is 2.61. The van der Waals surface area contributed by atoms with Gasteiger partial charge in [0.15, 0.2) is 0 Å². The van der Waals surface area contributed by atoms with Crippen LogP contribution in [0.15, 0.2) is 18.5 Å². The van der Waals surface area contributed by atoms with E-state index in [0.29, 0.717) is 6.04 Å². The van der Waals surface area contributed by atoms with E-state index in [1.54, 1.807) is 17.1 Å². The molecular formula is C14H18N8. The number of nitrogen functional groups attached to an aromatic ring is 1. The standard InChI is InChI=1S/C14H18N8/c1-16-9-22-7-10(6-18-22)12-5-13(20-14(15)19-12)21-4-3-11(8-21)17-2/h5-7,11,17H,3-4,8-9H2,2H3,(H2,15,19,20)/t11-/m1/s1. The molecule has 3 rings (SSSR count). The van der Waals surface area contributed by atoms with E-state index in [9.17, 15) is 0 Å². The Morgan fingerprint density at radius 2 is 2.36 bits per heavy atom. The first-order chi connectivity index (χ1) is 10.7. The summed E-state index contributed by atoms with van der Waals surface area (Å²) in [5.41, 5.74) is 7.42. The number of nitrogens with two attached hydrogens (primary N) is 1. The fraction of sp³-hybridized carbons (Fsp3) is 0.429. The Kier molecular flexibility index (Phi) is 3.89. The van der Waals surface area contributed by atoms with E-state index in [1.807, 2.05) is 13.1 Å². The summed E-state index contributed by atoms with van der Waals surface area (Å²) in [5.74, 6) is 1.08. The molecule has 8 nitrogen and oxygen atoms in total. The lowest BCUT2D eigenvalue weighted by molar-refractivity contribution is 0.616. The zero-order valence-corrected chi connectivity index (χ0v) is 12.4. The van der Waals surface area contributed by atoms with Crippen molar-refractivity contribution in [2.45, 2.75) is 19.1 Å². The van der Waals surface area contributed by atoms with Crippen LogP contribution in [0, 0.1) is 6.57 Å². The number of anilines is 2. The predicted octanol–water partition coefficient (Wildman–Crippen LogP) is 0.597. The molecule has 2 aromatic rings. The fourth-order valence-electron chi connectivity index (χ4n) is 2.61. The lowest BCUT2D eigenvalue weighted by Gasteiger charge is -2.18. The van der Waals surface area contributed by atoms with Crippen molar-refractivity contribution in [2.75, 3.05) is 30.8 Å². The lowest BCUT2D eigenvalue weighted by atomic mass is 10.2. The van der Waals surface area contributed by atoms with Crippen LogP contribution in [0.4, 0.5) is 11.8 Å². The molecule has 1 aliphatic heterocycles. The van der Waals surface area contributed by atoms with Crippen LogP contribution in [0.3, 0.4) is 0 Å². The van der Waals surface area contributed by atoms with Crippen molar-refractivity contribution >= 4 is 11.8 Å². The van der Waals surface area contributed by atoms with Gasteiger partial charge in [-0.05, 0) is 13.5 Å². The minimum absolute atomic E-state index is 0.198. The zero-order valence-electron chi connectivity index (χ0n) is 12.4. The van der Waals surface area contributed by atoms with E-state index in [0.717, 1.165) is 36.6 Å². The van der Waals surface area contributed by atoms with Gasteiger partial charge in [0, 0.05) is 37.0 Å². The minimum atomic E-state index is 0.198. The number of rotatable bonds is 4. The monoisotopic (exact) mass is 298 g/mol. The Balaban J connectivity index is 1.88. The number of aromatic nitrogens is 4. The quantitative estimate of drug-likeness (QED) is 0.803. The molecule has 0 radical (unpaired) electrons. The first-order valence-corrected chi connectivity index (χ1v) is 7.12. The molecule has 0 amide bonds. The molecule has 1 atom stereocenters. The molecular weight excluding hydrogens is 280 g/mol. The van der Waals surface area contributed by atoms with E-state index < -0.39 is 0 Å². The Morgan fingerprint density at radius 1 is 1.50 bits per heavy atom. The first kappa shape index (κ1) is 14.3. The molecule has 114 valence electrons. The van der Waals surface area contributed by atoms with Crippen LogP contribution in [0.5, 0.6) is 0 Å². The van der Waals surface area contributed by atoms with Gasteiger partial charge in [-0.1, -0.05) is 0 Å². The van der Waals surface area contributed by atoms with Crippen molar-refractivity contribution in [3.05, 3.63) is 29.9 Å². The SMILES string of the molecule is [C-]#[N+]Cn1cc(-c2cc(N3CC[C@@H](NC)C3)nc(N)n2)cn1. The van der Waals surface area contributed by atoms with E-state index in [4.69, 9.17) is 12.3 Å². The third kappa shape index (κ3) is 2.84. The van der Waals surface area contributed by atoms with Crippen molar-refractivity contribution in [1.82, 2.24) is 25.1 Å². The Morgan fingerprint density at radius 3 is 3.09 bits per heavy atom. The average molecular weight is 298 g/mol. The molecule has 8 heteroatoms. The highest BCUT2D eigenvalue weighted by Crippen LogP contribution is 2.24. The van der Waals surface area contributed by atoms with Gasteiger partial charge in [-0.25, -0.2) is 16.2 Å². The number of hydrogen-bond donors (Lipinski definition) is 2. The molecule has 1 aliphatic rings. The smallest absolute Gasteiger partial charge is 0.307 e. The summed E-state index contributed by atoms with van der Waals surface area (Å²) in [5, 5.41) is 7.43. The first-order valence-electron chi connectivity index (χ1n) is 7.12. The van der Waals surface area contributed by atoms with Crippen LogP contribution in [0.25, 0.3) is 16.1 Å². The second-order valence-electron chi connectivity index (χ2n) is 5.26. The second kappa shape index (κ2) is 5.99. The molecule has 22 heavy (non-hydrogen) atoms. The highest BCUT2D eigenvalue weighted by atomic mass is 15.3. The van der Waals surface area contributed by atoms with Gasteiger partial charge in [-0.3, -0.25) is 4.85 Å². The van der Waals surface area contributed by atoms with Gasteiger partial charge >= 0.3 is 6.67 Å². The number of nitrogens with zero attached hydrogens (tertiary/aromatic N) is 6. The molecule has 2 aromatic heterocycles. The Hall–Kier alpha value is -2.66. The maximum atomic E-state index is 6.88. The van der Waals surface area contributed by atoms with Crippen molar-refractivity contribution in [3.8, 4) is 11.3 Å². The van der Waals surface area contributed by atoms with Crippen molar-refractivity contribution < 1.29 is 0 Å². The summed E-state index contributed by atoms with van der Waals surface area (Å²) >= 11 is 0. The molecule has 1 saturated heterocycles. The van der Waals surface area contributed by atoms with Gasteiger partial charge in [-0.2, -0.15) is 10.1 Å². The summed E-state index contributed by atoms with van der Waals surface area (Å²) in [7, 11) is 1.97. The molecule has 3 N–H and O–H groups in total. The van der Waals surface area contributed by atoms with Gasteiger partial charge in [0.25, 0.3) is 0 Å². The summed E-state index contributed by atoms with van der Waals surface area (Å²) in [6.45, 7) is 8.93.